The van der Waals surface area contributed by atoms with Crippen LogP contribution in [0, 0.1) is 0 Å². The molecule has 3 aromatic rings. The minimum atomic E-state index is -4.70. The molecule has 0 radical (unpaired) electrons. The van der Waals surface area contributed by atoms with Crippen molar-refractivity contribution in [3.8, 4) is 0 Å². The zero-order chi connectivity index (χ0) is 20.1. The van der Waals surface area contributed by atoms with Gasteiger partial charge in [-0.15, -0.1) is 0 Å². The Hall–Kier alpha value is -2.39. The number of fused-ring (bicyclic) bond motifs is 1. The fraction of sp³-hybridized carbons (Fsp3) is 0.353. The molecule has 0 spiro atoms. The maximum Gasteiger partial charge on any atom is 0.434 e. The molecule has 0 amide bonds. The van der Waals surface area contributed by atoms with E-state index in [1.165, 1.54) is 16.2 Å². The first-order valence-electron chi connectivity index (χ1n) is 8.00. The van der Waals surface area contributed by atoms with E-state index >= 15 is 0 Å². The third kappa shape index (κ3) is 3.10. The standard InChI is InChI=1S/C17H16ClF3N4O2/c1-4-25-6-5-10-12(15(25)26)23-24(3)14(10)16(2,27)9-7-11(18)13(22-8-9)17(19,20)21/h5-8,27H,4H2,1-3H3/t16-/m1/s1. The molecule has 0 aliphatic rings. The van der Waals surface area contributed by atoms with Gasteiger partial charge in [-0.25, -0.2) is 4.98 Å². The predicted molar refractivity (Wildman–Crippen MR) is 93.6 cm³/mol. The number of aryl methyl sites for hydroxylation is 2. The van der Waals surface area contributed by atoms with Gasteiger partial charge in [0.25, 0.3) is 5.56 Å². The molecule has 27 heavy (non-hydrogen) atoms. The van der Waals surface area contributed by atoms with E-state index in [9.17, 15) is 23.1 Å². The third-order valence-corrected chi connectivity index (χ3v) is 4.73. The first-order chi connectivity index (χ1) is 12.5. The Morgan fingerprint density at radius 1 is 1.33 bits per heavy atom. The SMILES string of the molecule is CCn1ccc2c([C@](C)(O)c3cnc(C(F)(F)F)c(Cl)c3)n(C)nc2c1=O. The number of hydrogen-bond donors (Lipinski definition) is 1. The second-order valence-corrected chi connectivity index (χ2v) is 6.67. The summed E-state index contributed by atoms with van der Waals surface area (Å²) in [6, 6.07) is 2.65. The van der Waals surface area contributed by atoms with Gasteiger partial charge >= 0.3 is 6.18 Å². The van der Waals surface area contributed by atoms with Crippen molar-refractivity contribution in [2.75, 3.05) is 0 Å². The number of halogens is 4. The fourth-order valence-electron chi connectivity index (χ4n) is 3.10. The number of pyridine rings is 2. The highest BCUT2D eigenvalue weighted by molar-refractivity contribution is 6.31. The molecule has 3 heterocycles. The zero-order valence-corrected chi connectivity index (χ0v) is 15.4. The molecule has 0 aliphatic heterocycles. The maximum atomic E-state index is 12.9. The summed E-state index contributed by atoms with van der Waals surface area (Å²) in [6.45, 7) is 3.65. The molecule has 6 nitrogen and oxygen atoms in total. The van der Waals surface area contributed by atoms with Gasteiger partial charge in [0.1, 0.15) is 5.60 Å². The Bertz CT molecular complexity index is 1090. The van der Waals surface area contributed by atoms with Crippen LogP contribution in [0.3, 0.4) is 0 Å². The number of aromatic nitrogens is 4. The predicted octanol–water partition coefficient (Wildman–Crippen LogP) is 3.08. The van der Waals surface area contributed by atoms with E-state index in [-0.39, 0.29) is 22.3 Å². The average Bonchev–Trinajstić information content (AvgIpc) is 2.91. The van der Waals surface area contributed by atoms with Crippen LogP contribution in [0.25, 0.3) is 10.9 Å². The van der Waals surface area contributed by atoms with Crippen LogP contribution >= 0.6 is 11.6 Å². The lowest BCUT2D eigenvalue weighted by atomic mass is 9.91. The number of aliphatic hydroxyl groups is 1. The Labute approximate surface area is 156 Å². The van der Waals surface area contributed by atoms with Crippen molar-refractivity contribution in [1.29, 1.82) is 0 Å². The van der Waals surface area contributed by atoms with Crippen LogP contribution < -0.4 is 5.56 Å². The van der Waals surface area contributed by atoms with Crippen LogP contribution in [0.1, 0.15) is 30.8 Å². The molecule has 1 atom stereocenters. The molecule has 3 rings (SSSR count). The van der Waals surface area contributed by atoms with Gasteiger partial charge in [-0.1, -0.05) is 11.6 Å². The van der Waals surface area contributed by atoms with E-state index in [4.69, 9.17) is 11.6 Å². The molecule has 0 unspecified atom stereocenters. The summed E-state index contributed by atoms with van der Waals surface area (Å²) in [7, 11) is 1.54. The topological polar surface area (TPSA) is 72.9 Å². The molecule has 0 aliphatic carbocycles. The van der Waals surface area contributed by atoms with Crippen LogP contribution in [-0.4, -0.2) is 24.4 Å². The largest absolute Gasteiger partial charge is 0.434 e. The maximum absolute atomic E-state index is 12.9. The van der Waals surface area contributed by atoms with Gasteiger partial charge in [-0.2, -0.15) is 18.3 Å². The van der Waals surface area contributed by atoms with Crippen molar-refractivity contribution in [2.45, 2.75) is 32.2 Å². The highest BCUT2D eigenvalue weighted by Crippen LogP contribution is 2.38. The van der Waals surface area contributed by atoms with E-state index in [1.807, 2.05) is 6.92 Å². The van der Waals surface area contributed by atoms with Crippen molar-refractivity contribution in [3.63, 3.8) is 0 Å². The van der Waals surface area contributed by atoms with Crippen molar-refractivity contribution >= 4 is 22.5 Å². The van der Waals surface area contributed by atoms with Crippen LogP contribution in [0.2, 0.25) is 5.02 Å². The first-order valence-corrected chi connectivity index (χ1v) is 8.38. The summed E-state index contributed by atoms with van der Waals surface area (Å²) < 4.78 is 41.4. The minimum absolute atomic E-state index is 0.0464. The Morgan fingerprint density at radius 3 is 2.56 bits per heavy atom. The lowest BCUT2D eigenvalue weighted by Gasteiger charge is -2.25. The van der Waals surface area contributed by atoms with Crippen LogP contribution in [0.4, 0.5) is 13.2 Å². The molecule has 0 aromatic carbocycles. The summed E-state index contributed by atoms with van der Waals surface area (Å²) in [5.41, 5.74) is -2.89. The quantitative estimate of drug-likeness (QED) is 0.733. The molecule has 0 saturated carbocycles. The van der Waals surface area contributed by atoms with Crippen molar-refractivity contribution in [2.24, 2.45) is 7.05 Å². The minimum Gasteiger partial charge on any atom is -0.379 e. The molecule has 0 bridgehead atoms. The second-order valence-electron chi connectivity index (χ2n) is 6.27. The molecule has 10 heteroatoms. The molecule has 0 saturated heterocycles. The summed E-state index contributed by atoms with van der Waals surface area (Å²) in [6.07, 6.45) is -2.21. The number of alkyl halides is 3. The van der Waals surface area contributed by atoms with E-state index in [1.54, 1.807) is 19.3 Å². The molecular weight excluding hydrogens is 385 g/mol. The molecule has 3 aromatic heterocycles. The monoisotopic (exact) mass is 400 g/mol. The van der Waals surface area contributed by atoms with Crippen LogP contribution in [0.15, 0.2) is 29.3 Å². The van der Waals surface area contributed by atoms with Crippen LogP contribution in [-0.2, 0) is 25.4 Å². The van der Waals surface area contributed by atoms with E-state index < -0.39 is 22.5 Å². The highest BCUT2D eigenvalue weighted by Gasteiger charge is 2.38. The van der Waals surface area contributed by atoms with Crippen molar-refractivity contribution in [1.82, 2.24) is 19.3 Å². The summed E-state index contributed by atoms with van der Waals surface area (Å²) >= 11 is 5.73. The Balaban J connectivity index is 2.21. The van der Waals surface area contributed by atoms with Gasteiger partial charge in [-0.3, -0.25) is 9.48 Å². The number of nitrogens with zero attached hydrogens (tertiary/aromatic N) is 4. The third-order valence-electron chi connectivity index (χ3n) is 4.44. The average molecular weight is 401 g/mol. The smallest absolute Gasteiger partial charge is 0.379 e. The molecule has 1 N–H and O–H groups in total. The Morgan fingerprint density at radius 2 is 2.00 bits per heavy atom. The molecule has 144 valence electrons. The summed E-state index contributed by atoms with van der Waals surface area (Å²) in [5, 5.41) is 15.1. The summed E-state index contributed by atoms with van der Waals surface area (Å²) in [5.74, 6) is 0. The second kappa shape index (κ2) is 6.35. The van der Waals surface area contributed by atoms with Gasteiger partial charge in [-0.05, 0) is 26.0 Å². The first kappa shape index (κ1) is 19.4. The van der Waals surface area contributed by atoms with Crippen LogP contribution in [0.5, 0.6) is 0 Å². The zero-order valence-electron chi connectivity index (χ0n) is 14.7. The van der Waals surface area contributed by atoms with Crippen molar-refractivity contribution < 1.29 is 18.3 Å². The highest BCUT2D eigenvalue weighted by atomic mass is 35.5. The lowest BCUT2D eigenvalue weighted by molar-refractivity contribution is -0.141. The van der Waals surface area contributed by atoms with Crippen molar-refractivity contribution in [3.05, 3.63) is 56.9 Å². The van der Waals surface area contributed by atoms with E-state index in [0.29, 0.717) is 11.9 Å². The number of rotatable bonds is 3. The van der Waals surface area contributed by atoms with E-state index in [0.717, 1.165) is 12.3 Å². The van der Waals surface area contributed by atoms with E-state index in [2.05, 4.69) is 10.1 Å². The van der Waals surface area contributed by atoms with Gasteiger partial charge < -0.3 is 9.67 Å². The van der Waals surface area contributed by atoms with Gasteiger partial charge in [0.2, 0.25) is 0 Å². The van der Waals surface area contributed by atoms with Gasteiger partial charge in [0.15, 0.2) is 11.2 Å². The lowest BCUT2D eigenvalue weighted by Crippen LogP contribution is -2.27. The number of hydrogen-bond acceptors (Lipinski definition) is 4. The Kier molecular flexibility index (Phi) is 4.55. The summed E-state index contributed by atoms with van der Waals surface area (Å²) in [4.78, 5) is 15.8. The van der Waals surface area contributed by atoms with Gasteiger partial charge in [0, 0.05) is 36.9 Å². The molecular formula is C17H16ClF3N4O2. The fourth-order valence-corrected chi connectivity index (χ4v) is 3.37. The van der Waals surface area contributed by atoms with Gasteiger partial charge in [0.05, 0.1) is 10.7 Å². The normalized spacial score (nSPS) is 14.5. The molecule has 0 fully saturated rings.